The zero-order chi connectivity index (χ0) is 15.5. The van der Waals surface area contributed by atoms with E-state index in [1.807, 2.05) is 0 Å². The van der Waals surface area contributed by atoms with Gasteiger partial charge in [-0.2, -0.15) is 0 Å². The van der Waals surface area contributed by atoms with Crippen LogP contribution in [0.3, 0.4) is 0 Å². The van der Waals surface area contributed by atoms with Crippen LogP contribution in [0.1, 0.15) is 5.56 Å². The van der Waals surface area contributed by atoms with Crippen molar-refractivity contribution in [2.45, 2.75) is 6.92 Å². The molecule has 22 heavy (non-hydrogen) atoms. The van der Waals surface area contributed by atoms with E-state index < -0.39 is 0 Å². The summed E-state index contributed by atoms with van der Waals surface area (Å²) in [5, 5.41) is 0. The molecule has 0 saturated carbocycles. The Morgan fingerprint density at radius 1 is 0.636 bits per heavy atom. The van der Waals surface area contributed by atoms with Crippen LogP contribution < -0.4 is 4.90 Å². The van der Waals surface area contributed by atoms with Gasteiger partial charge in [0.1, 0.15) is 0 Å². The van der Waals surface area contributed by atoms with Gasteiger partial charge in [0.2, 0.25) is 0 Å². The average molecular weight is 287 g/mol. The molecule has 0 aliphatic heterocycles. The zero-order valence-electron chi connectivity index (χ0n) is 13.4. The summed E-state index contributed by atoms with van der Waals surface area (Å²) in [6.45, 7) is 2.18. The lowest BCUT2D eigenvalue weighted by molar-refractivity contribution is 1.12. The van der Waals surface area contributed by atoms with Gasteiger partial charge in [-0.05, 0) is 29.2 Å². The van der Waals surface area contributed by atoms with E-state index in [9.17, 15) is 0 Å². The molecule has 0 aliphatic rings. The third-order valence-electron chi connectivity index (χ3n) is 3.97. The summed E-state index contributed by atoms with van der Waals surface area (Å²) in [4.78, 5) is 2.21. The van der Waals surface area contributed by atoms with Crippen molar-refractivity contribution in [1.29, 1.82) is 0 Å². The van der Waals surface area contributed by atoms with Gasteiger partial charge in [-0.1, -0.05) is 72.8 Å². The van der Waals surface area contributed by atoms with E-state index in [4.69, 9.17) is 0 Å². The Morgan fingerprint density at radius 2 is 1.18 bits per heavy atom. The summed E-state index contributed by atoms with van der Waals surface area (Å²) >= 11 is 0. The molecule has 0 amide bonds. The summed E-state index contributed by atoms with van der Waals surface area (Å²) in [5.74, 6) is 0. The Morgan fingerprint density at radius 3 is 1.73 bits per heavy atom. The number of benzene rings is 3. The molecule has 3 aromatic carbocycles. The van der Waals surface area contributed by atoms with Gasteiger partial charge < -0.3 is 4.90 Å². The second-order valence-corrected chi connectivity index (χ2v) is 5.78. The normalized spacial score (nSPS) is 10.5. The van der Waals surface area contributed by atoms with Gasteiger partial charge in [0.15, 0.2) is 0 Å². The predicted octanol–water partition coefficient (Wildman–Crippen LogP) is 5.40. The number of aryl methyl sites for hydroxylation is 1. The summed E-state index contributed by atoms with van der Waals surface area (Å²) in [6.07, 6.45) is 0. The van der Waals surface area contributed by atoms with Crippen molar-refractivity contribution in [2.24, 2.45) is 0 Å². The van der Waals surface area contributed by atoms with Gasteiger partial charge >= 0.3 is 0 Å². The van der Waals surface area contributed by atoms with Crippen molar-refractivity contribution in [2.75, 3.05) is 19.0 Å². The largest absolute Gasteiger partial charge is 0.377 e. The van der Waals surface area contributed by atoms with Crippen LogP contribution >= 0.6 is 0 Å². The van der Waals surface area contributed by atoms with E-state index >= 15 is 0 Å². The second-order valence-electron chi connectivity index (χ2n) is 5.78. The van der Waals surface area contributed by atoms with Crippen LogP contribution in [0.5, 0.6) is 0 Å². The van der Waals surface area contributed by atoms with Crippen LogP contribution in [0.4, 0.5) is 5.69 Å². The third kappa shape index (κ3) is 2.62. The quantitative estimate of drug-likeness (QED) is 0.624. The van der Waals surface area contributed by atoms with Crippen LogP contribution in [0.15, 0.2) is 72.8 Å². The fourth-order valence-corrected chi connectivity index (χ4v) is 3.03. The molecule has 1 heteroatoms. The molecular weight excluding hydrogens is 266 g/mol. The highest BCUT2D eigenvalue weighted by atomic mass is 15.1. The van der Waals surface area contributed by atoms with Gasteiger partial charge in [-0.15, -0.1) is 0 Å². The minimum absolute atomic E-state index is 1.25. The maximum Gasteiger partial charge on any atom is 0.0476 e. The Balaban J connectivity index is 2.34. The molecule has 0 spiro atoms. The fraction of sp³-hybridized carbons (Fsp3) is 0.143. The Labute approximate surface area is 132 Å². The minimum atomic E-state index is 1.25. The lowest BCUT2D eigenvalue weighted by atomic mass is 9.90. The van der Waals surface area contributed by atoms with Crippen LogP contribution in [0.2, 0.25) is 0 Å². The second kappa shape index (κ2) is 6.07. The van der Waals surface area contributed by atoms with Crippen molar-refractivity contribution in [3.8, 4) is 22.3 Å². The molecule has 0 aromatic heterocycles. The van der Waals surface area contributed by atoms with E-state index in [0.29, 0.717) is 0 Å². The SMILES string of the molecule is Cc1ccc(-c2ccccc2)c(-c2ccccc2)c1N(C)C. The van der Waals surface area contributed by atoms with Crippen molar-refractivity contribution in [3.63, 3.8) is 0 Å². The highest BCUT2D eigenvalue weighted by molar-refractivity contribution is 5.93. The number of nitrogens with zero attached hydrogens (tertiary/aromatic N) is 1. The standard InChI is InChI=1S/C21H21N/c1-16-14-15-19(17-10-6-4-7-11-17)20(21(16)22(2)3)18-12-8-5-9-13-18/h4-15H,1-3H3. The molecule has 0 radical (unpaired) electrons. The molecule has 3 rings (SSSR count). The summed E-state index contributed by atoms with van der Waals surface area (Å²) in [7, 11) is 4.23. The van der Waals surface area contributed by atoms with E-state index in [1.165, 1.54) is 33.5 Å². The molecule has 0 fully saturated rings. The van der Waals surface area contributed by atoms with E-state index in [0.717, 1.165) is 0 Å². The monoisotopic (exact) mass is 287 g/mol. The molecule has 0 unspecified atom stereocenters. The number of rotatable bonds is 3. The molecule has 0 aliphatic carbocycles. The van der Waals surface area contributed by atoms with Crippen LogP contribution in [-0.2, 0) is 0 Å². The molecule has 0 atom stereocenters. The average Bonchev–Trinajstić information content (AvgIpc) is 2.56. The molecule has 3 aromatic rings. The molecule has 0 saturated heterocycles. The lowest BCUT2D eigenvalue weighted by Crippen LogP contribution is -2.12. The zero-order valence-corrected chi connectivity index (χ0v) is 13.4. The van der Waals surface area contributed by atoms with Crippen molar-refractivity contribution in [3.05, 3.63) is 78.4 Å². The summed E-state index contributed by atoms with van der Waals surface area (Å²) in [5.41, 5.74) is 7.67. The minimum Gasteiger partial charge on any atom is -0.377 e. The summed E-state index contributed by atoms with van der Waals surface area (Å²) < 4.78 is 0. The molecule has 1 nitrogen and oxygen atoms in total. The lowest BCUT2D eigenvalue weighted by Gasteiger charge is -2.23. The fourth-order valence-electron chi connectivity index (χ4n) is 3.03. The Bertz CT molecular complexity index is 759. The van der Waals surface area contributed by atoms with Crippen molar-refractivity contribution >= 4 is 5.69 Å². The maximum atomic E-state index is 2.24. The molecule has 110 valence electrons. The first-order valence-corrected chi connectivity index (χ1v) is 7.60. The highest BCUT2D eigenvalue weighted by Crippen LogP contribution is 2.40. The number of hydrogen-bond donors (Lipinski definition) is 0. The van der Waals surface area contributed by atoms with Gasteiger partial charge in [0.25, 0.3) is 0 Å². The van der Waals surface area contributed by atoms with Gasteiger partial charge in [0.05, 0.1) is 0 Å². The first-order chi connectivity index (χ1) is 10.7. The molecule has 0 bridgehead atoms. The maximum absolute atomic E-state index is 2.24. The first kappa shape index (κ1) is 14.4. The highest BCUT2D eigenvalue weighted by Gasteiger charge is 2.15. The smallest absolute Gasteiger partial charge is 0.0476 e. The number of hydrogen-bond acceptors (Lipinski definition) is 1. The molecular formula is C21H21N. The van der Waals surface area contributed by atoms with Gasteiger partial charge in [-0.3, -0.25) is 0 Å². The van der Waals surface area contributed by atoms with E-state index in [2.05, 4.69) is 98.7 Å². The Kier molecular flexibility index (Phi) is 3.97. The predicted molar refractivity (Wildman–Crippen MR) is 96.4 cm³/mol. The third-order valence-corrected chi connectivity index (χ3v) is 3.97. The topological polar surface area (TPSA) is 3.24 Å². The summed E-state index contributed by atoms with van der Waals surface area (Å²) in [6, 6.07) is 25.7. The van der Waals surface area contributed by atoms with Crippen LogP contribution in [0, 0.1) is 6.92 Å². The molecule has 0 heterocycles. The van der Waals surface area contributed by atoms with Crippen molar-refractivity contribution in [1.82, 2.24) is 0 Å². The van der Waals surface area contributed by atoms with Crippen LogP contribution in [0.25, 0.3) is 22.3 Å². The van der Waals surface area contributed by atoms with Gasteiger partial charge in [-0.25, -0.2) is 0 Å². The van der Waals surface area contributed by atoms with E-state index in [-0.39, 0.29) is 0 Å². The van der Waals surface area contributed by atoms with E-state index in [1.54, 1.807) is 0 Å². The number of anilines is 1. The van der Waals surface area contributed by atoms with Crippen LogP contribution in [-0.4, -0.2) is 14.1 Å². The Hall–Kier alpha value is -2.54. The molecule has 0 N–H and O–H groups in total. The van der Waals surface area contributed by atoms with Crippen molar-refractivity contribution < 1.29 is 0 Å². The first-order valence-electron chi connectivity index (χ1n) is 7.60. The van der Waals surface area contributed by atoms with Gasteiger partial charge in [0, 0.05) is 25.3 Å².